The zero-order valence-corrected chi connectivity index (χ0v) is 10.1. The van der Waals surface area contributed by atoms with Crippen molar-refractivity contribution in [2.45, 2.75) is 0 Å². The number of carbonyl (C=O) groups excluding carboxylic acids is 1. The Hall–Kier alpha value is -1.55. The Morgan fingerprint density at radius 1 is 1.62 bits per heavy atom. The number of carbonyl (C=O) groups is 1. The van der Waals surface area contributed by atoms with Crippen LogP contribution in [-0.2, 0) is 0 Å². The van der Waals surface area contributed by atoms with E-state index in [4.69, 9.17) is 11.6 Å². The maximum absolute atomic E-state index is 11.6. The SMILES string of the molecule is C=C(Cl)CNc1ccnc(C(=O)N(C)C)c1. The molecule has 0 saturated carbocycles. The van der Waals surface area contributed by atoms with E-state index in [0.29, 0.717) is 17.3 Å². The van der Waals surface area contributed by atoms with Crippen LogP contribution < -0.4 is 5.32 Å². The van der Waals surface area contributed by atoms with E-state index in [1.165, 1.54) is 4.90 Å². The molecule has 4 nitrogen and oxygen atoms in total. The Kier molecular flexibility index (Phi) is 4.31. The molecule has 0 saturated heterocycles. The standard InChI is InChI=1S/C11H14ClN3O/c1-8(12)7-14-9-4-5-13-10(6-9)11(16)15(2)3/h4-6H,1,7H2,2-3H3,(H,13,14). The number of pyridine rings is 1. The van der Waals surface area contributed by atoms with Crippen LogP contribution in [0.3, 0.4) is 0 Å². The highest BCUT2D eigenvalue weighted by atomic mass is 35.5. The van der Waals surface area contributed by atoms with Gasteiger partial charge in [0.1, 0.15) is 5.69 Å². The normalized spacial score (nSPS) is 9.69. The van der Waals surface area contributed by atoms with Gasteiger partial charge in [-0.3, -0.25) is 9.78 Å². The minimum absolute atomic E-state index is 0.131. The largest absolute Gasteiger partial charge is 0.380 e. The summed E-state index contributed by atoms with van der Waals surface area (Å²) >= 11 is 5.63. The molecule has 0 unspecified atom stereocenters. The summed E-state index contributed by atoms with van der Waals surface area (Å²) in [6, 6.07) is 3.45. The summed E-state index contributed by atoms with van der Waals surface area (Å²) in [6.45, 7) is 4.03. The summed E-state index contributed by atoms with van der Waals surface area (Å²) in [5, 5.41) is 3.55. The molecule has 1 heterocycles. The molecule has 0 atom stereocenters. The quantitative estimate of drug-likeness (QED) is 0.874. The van der Waals surface area contributed by atoms with Crippen molar-refractivity contribution in [3.63, 3.8) is 0 Å². The Bertz CT molecular complexity index is 404. The van der Waals surface area contributed by atoms with Gasteiger partial charge in [-0.05, 0) is 12.1 Å². The molecule has 0 fully saturated rings. The predicted octanol–water partition coefficient (Wildman–Crippen LogP) is 1.95. The van der Waals surface area contributed by atoms with Crippen LogP contribution in [-0.4, -0.2) is 36.4 Å². The first-order valence-corrected chi connectivity index (χ1v) is 5.13. The van der Waals surface area contributed by atoms with Gasteiger partial charge in [-0.15, -0.1) is 0 Å². The summed E-state index contributed by atoms with van der Waals surface area (Å²) in [6.07, 6.45) is 1.58. The summed E-state index contributed by atoms with van der Waals surface area (Å²) in [5.74, 6) is -0.131. The summed E-state index contributed by atoms with van der Waals surface area (Å²) in [4.78, 5) is 17.1. The van der Waals surface area contributed by atoms with Crippen molar-refractivity contribution in [1.29, 1.82) is 0 Å². The van der Waals surface area contributed by atoms with E-state index in [-0.39, 0.29) is 5.91 Å². The van der Waals surface area contributed by atoms with E-state index in [9.17, 15) is 4.79 Å². The zero-order chi connectivity index (χ0) is 12.1. The summed E-state index contributed by atoms with van der Waals surface area (Å²) in [7, 11) is 3.37. The van der Waals surface area contributed by atoms with Crippen LogP contribution in [0.25, 0.3) is 0 Å². The van der Waals surface area contributed by atoms with Gasteiger partial charge in [-0.25, -0.2) is 0 Å². The van der Waals surface area contributed by atoms with Crippen LogP contribution in [0.1, 0.15) is 10.5 Å². The van der Waals surface area contributed by atoms with E-state index in [1.54, 1.807) is 32.4 Å². The molecular formula is C11H14ClN3O. The third-order valence-corrected chi connectivity index (χ3v) is 2.00. The molecule has 1 rings (SSSR count). The second-order valence-corrected chi connectivity index (χ2v) is 4.03. The molecule has 86 valence electrons. The number of nitrogens with one attached hydrogen (secondary N) is 1. The van der Waals surface area contributed by atoms with Gasteiger partial charge in [0.05, 0.1) is 6.54 Å². The molecule has 0 radical (unpaired) electrons. The van der Waals surface area contributed by atoms with Crippen molar-refractivity contribution in [2.75, 3.05) is 26.0 Å². The van der Waals surface area contributed by atoms with Crippen LogP contribution >= 0.6 is 11.6 Å². The van der Waals surface area contributed by atoms with Gasteiger partial charge in [-0.2, -0.15) is 0 Å². The highest BCUT2D eigenvalue weighted by molar-refractivity contribution is 6.29. The first-order valence-electron chi connectivity index (χ1n) is 4.75. The number of rotatable bonds is 4. The van der Waals surface area contributed by atoms with Gasteiger partial charge in [0, 0.05) is 31.0 Å². The zero-order valence-electron chi connectivity index (χ0n) is 9.33. The molecule has 16 heavy (non-hydrogen) atoms. The highest BCUT2D eigenvalue weighted by Crippen LogP contribution is 2.10. The lowest BCUT2D eigenvalue weighted by Crippen LogP contribution is -2.22. The van der Waals surface area contributed by atoms with Crippen molar-refractivity contribution >= 4 is 23.2 Å². The lowest BCUT2D eigenvalue weighted by molar-refractivity contribution is 0.0822. The molecule has 0 aliphatic rings. The van der Waals surface area contributed by atoms with E-state index < -0.39 is 0 Å². The Labute approximate surface area is 99.9 Å². The van der Waals surface area contributed by atoms with Crippen LogP contribution in [0, 0.1) is 0 Å². The number of amides is 1. The average Bonchev–Trinajstić information content (AvgIpc) is 2.25. The molecule has 1 aromatic rings. The number of hydrogen-bond donors (Lipinski definition) is 1. The second kappa shape index (κ2) is 5.51. The molecule has 0 aliphatic carbocycles. The maximum atomic E-state index is 11.6. The third kappa shape index (κ3) is 3.55. The van der Waals surface area contributed by atoms with Crippen LogP contribution in [0.4, 0.5) is 5.69 Å². The fourth-order valence-electron chi connectivity index (χ4n) is 1.08. The molecule has 1 amide bonds. The minimum Gasteiger partial charge on any atom is -0.380 e. The van der Waals surface area contributed by atoms with Gasteiger partial charge in [0.25, 0.3) is 5.91 Å². The minimum atomic E-state index is -0.131. The lowest BCUT2D eigenvalue weighted by Gasteiger charge is -2.10. The molecule has 0 aromatic carbocycles. The molecule has 0 bridgehead atoms. The number of hydrogen-bond acceptors (Lipinski definition) is 3. The number of nitrogens with zero attached hydrogens (tertiary/aromatic N) is 2. The Morgan fingerprint density at radius 3 is 2.88 bits per heavy atom. The second-order valence-electron chi connectivity index (χ2n) is 3.50. The van der Waals surface area contributed by atoms with Crippen molar-refractivity contribution < 1.29 is 4.79 Å². The van der Waals surface area contributed by atoms with Gasteiger partial charge in [0.2, 0.25) is 0 Å². The number of aromatic nitrogens is 1. The predicted molar refractivity (Wildman–Crippen MR) is 65.7 cm³/mol. The maximum Gasteiger partial charge on any atom is 0.272 e. The van der Waals surface area contributed by atoms with Crippen LogP contribution in [0.2, 0.25) is 0 Å². The monoisotopic (exact) mass is 239 g/mol. The van der Waals surface area contributed by atoms with E-state index >= 15 is 0 Å². The number of halogens is 1. The fourth-order valence-corrected chi connectivity index (χ4v) is 1.15. The summed E-state index contributed by atoms with van der Waals surface area (Å²) in [5.41, 5.74) is 1.19. The first kappa shape index (κ1) is 12.5. The Balaban J connectivity index is 2.78. The Morgan fingerprint density at radius 2 is 2.31 bits per heavy atom. The van der Waals surface area contributed by atoms with Crippen LogP contribution in [0.5, 0.6) is 0 Å². The van der Waals surface area contributed by atoms with E-state index in [0.717, 1.165) is 5.69 Å². The van der Waals surface area contributed by atoms with Crippen molar-refractivity contribution in [1.82, 2.24) is 9.88 Å². The molecule has 1 N–H and O–H groups in total. The molecular weight excluding hydrogens is 226 g/mol. The fraction of sp³-hybridized carbons (Fsp3) is 0.273. The topological polar surface area (TPSA) is 45.2 Å². The van der Waals surface area contributed by atoms with E-state index in [1.807, 2.05) is 0 Å². The van der Waals surface area contributed by atoms with Gasteiger partial charge < -0.3 is 10.2 Å². The lowest BCUT2D eigenvalue weighted by atomic mass is 10.3. The first-order chi connectivity index (χ1) is 7.50. The van der Waals surface area contributed by atoms with Crippen molar-refractivity contribution in [3.8, 4) is 0 Å². The molecule has 0 spiro atoms. The molecule has 5 heteroatoms. The molecule has 1 aromatic heterocycles. The smallest absolute Gasteiger partial charge is 0.272 e. The third-order valence-electron chi connectivity index (χ3n) is 1.87. The van der Waals surface area contributed by atoms with Crippen molar-refractivity contribution in [2.24, 2.45) is 0 Å². The van der Waals surface area contributed by atoms with Gasteiger partial charge in [0.15, 0.2) is 0 Å². The van der Waals surface area contributed by atoms with Gasteiger partial charge in [-0.1, -0.05) is 18.2 Å². The van der Waals surface area contributed by atoms with Crippen LogP contribution in [0.15, 0.2) is 29.9 Å². The highest BCUT2D eigenvalue weighted by Gasteiger charge is 2.09. The van der Waals surface area contributed by atoms with E-state index in [2.05, 4.69) is 16.9 Å². The summed E-state index contributed by atoms with van der Waals surface area (Å²) < 4.78 is 0. The molecule has 0 aliphatic heterocycles. The average molecular weight is 240 g/mol. The van der Waals surface area contributed by atoms with Gasteiger partial charge >= 0.3 is 0 Å². The number of anilines is 1. The van der Waals surface area contributed by atoms with Crippen molar-refractivity contribution in [3.05, 3.63) is 35.6 Å².